The summed E-state index contributed by atoms with van der Waals surface area (Å²) in [6.07, 6.45) is 1.10. The number of nitrogens with one attached hydrogen (secondary N) is 1. The maximum atomic E-state index is 12.5. The largest absolute Gasteiger partial charge is 0.453 e. The van der Waals surface area contributed by atoms with Crippen LogP contribution in [0.15, 0.2) is 28.7 Å². The average Bonchev–Trinajstić information content (AvgIpc) is 2.92. The quantitative estimate of drug-likeness (QED) is 0.924. The Hall–Kier alpha value is -2.50. The lowest BCUT2D eigenvalue weighted by molar-refractivity contribution is 0.0868. The number of nitrogens with zero attached hydrogens (tertiary/aromatic N) is 1. The Morgan fingerprint density at radius 1 is 1.26 bits per heavy atom. The number of para-hydroxylation sites is 1. The first-order valence-electron chi connectivity index (χ1n) is 7.72. The van der Waals surface area contributed by atoms with Crippen LogP contribution < -0.4 is 5.32 Å². The first-order valence-corrected chi connectivity index (χ1v) is 7.72. The number of hydrogen-bond acceptors (Lipinski definition) is 4. The Balaban J connectivity index is 1.65. The molecule has 23 heavy (non-hydrogen) atoms. The van der Waals surface area contributed by atoms with Crippen molar-refractivity contribution in [3.8, 4) is 0 Å². The van der Waals surface area contributed by atoms with Crippen molar-refractivity contribution < 1.29 is 18.7 Å². The maximum absolute atomic E-state index is 12.5. The number of benzene rings is 1. The first kappa shape index (κ1) is 15.4. The van der Waals surface area contributed by atoms with Gasteiger partial charge in [0.25, 0.3) is 5.91 Å². The molecule has 6 nitrogen and oxygen atoms in total. The Morgan fingerprint density at radius 2 is 1.96 bits per heavy atom. The van der Waals surface area contributed by atoms with Gasteiger partial charge in [0.05, 0.1) is 7.11 Å². The SMILES string of the molecule is COC(=O)N1CCC(NC(=O)c2oc3ccccc3c2C)CC1. The van der Waals surface area contributed by atoms with Crippen LogP contribution >= 0.6 is 0 Å². The molecule has 1 aromatic heterocycles. The molecule has 1 fully saturated rings. The second-order valence-corrected chi connectivity index (χ2v) is 5.76. The summed E-state index contributed by atoms with van der Waals surface area (Å²) in [7, 11) is 1.38. The van der Waals surface area contributed by atoms with Gasteiger partial charge >= 0.3 is 6.09 Å². The lowest BCUT2D eigenvalue weighted by Crippen LogP contribution is -2.46. The first-order chi connectivity index (χ1) is 11.1. The van der Waals surface area contributed by atoms with E-state index in [1.54, 1.807) is 4.90 Å². The second kappa shape index (κ2) is 6.32. The molecular weight excluding hydrogens is 296 g/mol. The summed E-state index contributed by atoms with van der Waals surface area (Å²) in [4.78, 5) is 25.6. The van der Waals surface area contributed by atoms with Crippen LogP contribution in [0.5, 0.6) is 0 Å². The van der Waals surface area contributed by atoms with Crippen molar-refractivity contribution in [1.82, 2.24) is 10.2 Å². The number of methoxy groups -OCH3 is 1. The van der Waals surface area contributed by atoms with Gasteiger partial charge in [-0.3, -0.25) is 4.79 Å². The summed E-state index contributed by atoms with van der Waals surface area (Å²) >= 11 is 0. The van der Waals surface area contributed by atoms with Crippen LogP contribution in [0.2, 0.25) is 0 Å². The maximum Gasteiger partial charge on any atom is 0.409 e. The molecule has 0 atom stereocenters. The molecule has 0 bridgehead atoms. The standard InChI is InChI=1S/C17H20N2O4/c1-11-13-5-3-4-6-14(13)23-15(11)16(20)18-12-7-9-19(10-8-12)17(21)22-2/h3-6,12H,7-10H2,1-2H3,(H,18,20). The van der Waals surface area contributed by atoms with E-state index < -0.39 is 0 Å². The van der Waals surface area contributed by atoms with Crippen LogP contribution in [0.4, 0.5) is 4.79 Å². The third kappa shape index (κ3) is 3.02. The van der Waals surface area contributed by atoms with Crippen LogP contribution in [0, 0.1) is 6.92 Å². The number of piperidine rings is 1. The van der Waals surface area contributed by atoms with Gasteiger partial charge in [-0.1, -0.05) is 18.2 Å². The zero-order valence-electron chi connectivity index (χ0n) is 13.3. The van der Waals surface area contributed by atoms with Crippen molar-refractivity contribution in [1.29, 1.82) is 0 Å². The van der Waals surface area contributed by atoms with E-state index in [0.29, 0.717) is 31.7 Å². The molecule has 1 N–H and O–H groups in total. The number of fused-ring (bicyclic) bond motifs is 1. The van der Waals surface area contributed by atoms with Gasteiger partial charge in [-0.25, -0.2) is 4.79 Å². The van der Waals surface area contributed by atoms with Crippen LogP contribution in [0.25, 0.3) is 11.0 Å². The van der Waals surface area contributed by atoms with Crippen molar-refractivity contribution in [3.05, 3.63) is 35.6 Å². The second-order valence-electron chi connectivity index (χ2n) is 5.76. The summed E-state index contributed by atoms with van der Waals surface area (Å²) in [5, 5.41) is 3.96. The van der Waals surface area contributed by atoms with E-state index in [1.807, 2.05) is 31.2 Å². The third-order valence-corrected chi connectivity index (χ3v) is 4.31. The summed E-state index contributed by atoms with van der Waals surface area (Å²) in [6.45, 7) is 3.05. The lowest BCUT2D eigenvalue weighted by atomic mass is 10.0. The number of furan rings is 1. The van der Waals surface area contributed by atoms with Gasteiger partial charge < -0.3 is 19.4 Å². The molecule has 2 amide bonds. The molecule has 0 radical (unpaired) electrons. The summed E-state index contributed by atoms with van der Waals surface area (Å²) < 4.78 is 10.4. The van der Waals surface area contributed by atoms with E-state index in [4.69, 9.17) is 9.15 Å². The number of rotatable bonds is 2. The van der Waals surface area contributed by atoms with Crippen molar-refractivity contribution in [2.75, 3.05) is 20.2 Å². The molecule has 0 spiro atoms. The minimum absolute atomic E-state index is 0.0380. The van der Waals surface area contributed by atoms with Gasteiger partial charge in [-0.2, -0.15) is 0 Å². The smallest absolute Gasteiger partial charge is 0.409 e. The number of hydrogen-bond donors (Lipinski definition) is 1. The number of carbonyl (C=O) groups is 2. The van der Waals surface area contributed by atoms with E-state index in [9.17, 15) is 9.59 Å². The Kier molecular flexibility index (Phi) is 4.23. The van der Waals surface area contributed by atoms with Crippen LogP contribution in [0.1, 0.15) is 29.0 Å². The molecule has 0 saturated carbocycles. The molecule has 6 heteroatoms. The summed E-state index contributed by atoms with van der Waals surface area (Å²) in [5.41, 5.74) is 1.57. The summed E-state index contributed by atoms with van der Waals surface area (Å²) in [5.74, 6) is 0.164. The number of ether oxygens (including phenoxy) is 1. The van der Waals surface area contributed by atoms with Crippen LogP contribution in [-0.4, -0.2) is 43.1 Å². The number of carbonyl (C=O) groups excluding carboxylic acids is 2. The van der Waals surface area contributed by atoms with E-state index in [-0.39, 0.29) is 18.0 Å². The van der Waals surface area contributed by atoms with Gasteiger partial charge in [0.2, 0.25) is 0 Å². The minimum Gasteiger partial charge on any atom is -0.453 e. The van der Waals surface area contributed by atoms with Crippen LogP contribution in [-0.2, 0) is 4.74 Å². The lowest BCUT2D eigenvalue weighted by Gasteiger charge is -2.31. The fourth-order valence-corrected chi connectivity index (χ4v) is 2.98. The van der Waals surface area contributed by atoms with Crippen molar-refractivity contribution in [2.24, 2.45) is 0 Å². The highest BCUT2D eigenvalue weighted by Crippen LogP contribution is 2.25. The fourth-order valence-electron chi connectivity index (χ4n) is 2.98. The zero-order valence-corrected chi connectivity index (χ0v) is 13.3. The monoisotopic (exact) mass is 316 g/mol. The molecule has 1 saturated heterocycles. The molecule has 122 valence electrons. The Morgan fingerprint density at radius 3 is 2.61 bits per heavy atom. The topological polar surface area (TPSA) is 71.8 Å². The minimum atomic E-state index is -0.317. The van der Waals surface area contributed by atoms with Gasteiger partial charge in [0.15, 0.2) is 5.76 Å². The molecule has 0 unspecified atom stereocenters. The normalized spacial score (nSPS) is 15.7. The van der Waals surface area contributed by atoms with Gasteiger partial charge in [-0.05, 0) is 25.8 Å². The molecule has 1 aromatic carbocycles. The molecule has 2 aromatic rings. The molecule has 1 aliphatic rings. The number of likely N-dealkylation sites (tertiary alicyclic amines) is 1. The van der Waals surface area contributed by atoms with Gasteiger partial charge in [0.1, 0.15) is 5.58 Å². The van der Waals surface area contributed by atoms with Crippen molar-refractivity contribution in [3.63, 3.8) is 0 Å². The molecule has 2 heterocycles. The molecule has 0 aliphatic carbocycles. The van der Waals surface area contributed by atoms with E-state index in [1.165, 1.54) is 7.11 Å². The fraction of sp³-hybridized carbons (Fsp3) is 0.412. The van der Waals surface area contributed by atoms with Crippen LogP contribution in [0.3, 0.4) is 0 Å². The Labute approximate surface area is 134 Å². The molecule has 3 rings (SSSR count). The Bertz CT molecular complexity index is 729. The zero-order chi connectivity index (χ0) is 16.4. The van der Waals surface area contributed by atoms with Crippen molar-refractivity contribution in [2.45, 2.75) is 25.8 Å². The van der Waals surface area contributed by atoms with Gasteiger partial charge in [0, 0.05) is 30.1 Å². The predicted molar refractivity (Wildman–Crippen MR) is 85.4 cm³/mol. The number of aryl methyl sites for hydroxylation is 1. The number of amides is 2. The van der Waals surface area contributed by atoms with E-state index in [2.05, 4.69) is 5.32 Å². The summed E-state index contributed by atoms with van der Waals surface area (Å²) in [6, 6.07) is 7.65. The average molecular weight is 316 g/mol. The van der Waals surface area contributed by atoms with Gasteiger partial charge in [-0.15, -0.1) is 0 Å². The third-order valence-electron chi connectivity index (χ3n) is 4.31. The highest BCUT2D eigenvalue weighted by Gasteiger charge is 2.26. The highest BCUT2D eigenvalue weighted by molar-refractivity contribution is 5.99. The van der Waals surface area contributed by atoms with E-state index in [0.717, 1.165) is 16.5 Å². The highest BCUT2D eigenvalue weighted by atomic mass is 16.5. The predicted octanol–water partition coefficient (Wildman–Crippen LogP) is 2.70. The molecule has 1 aliphatic heterocycles. The van der Waals surface area contributed by atoms with E-state index >= 15 is 0 Å². The molecular formula is C17H20N2O4. The van der Waals surface area contributed by atoms with Crippen molar-refractivity contribution >= 4 is 23.0 Å².